The maximum atomic E-state index is 12.3. The number of halogens is 2. The molecular weight excluding hydrogens is 344 g/mol. The number of esters is 1. The molecule has 1 aromatic rings. The lowest BCUT2D eigenvalue weighted by Crippen LogP contribution is -2.41. The second-order valence-corrected chi connectivity index (χ2v) is 5.56. The summed E-state index contributed by atoms with van der Waals surface area (Å²) >= 11 is 1.53. The standard InChI is InChI=1S/C15H19F2NO5S/c1-21-12-8-9(4-5-11(12)23-15(16)17)13(19)18-10(6-7-24-3)14(20)22-2/h4-5,8,10,15H,6-7H2,1-3H3,(H,18,19)/t10-/m0/s1. The molecule has 0 aliphatic heterocycles. The Labute approximate surface area is 142 Å². The number of alkyl halides is 2. The van der Waals surface area contributed by atoms with Crippen LogP contribution in [0.4, 0.5) is 8.78 Å². The topological polar surface area (TPSA) is 73.9 Å². The van der Waals surface area contributed by atoms with Crippen molar-refractivity contribution >= 4 is 23.6 Å². The zero-order valence-electron chi connectivity index (χ0n) is 13.5. The first kappa shape index (κ1) is 20.0. The summed E-state index contributed by atoms with van der Waals surface area (Å²) in [7, 11) is 2.51. The Morgan fingerprint density at radius 2 is 1.96 bits per heavy atom. The fourth-order valence-corrected chi connectivity index (χ4v) is 2.34. The van der Waals surface area contributed by atoms with Gasteiger partial charge >= 0.3 is 12.6 Å². The van der Waals surface area contributed by atoms with Crippen LogP contribution in [0.5, 0.6) is 11.5 Å². The molecule has 134 valence electrons. The molecule has 0 spiro atoms. The van der Waals surface area contributed by atoms with Crippen LogP contribution in [0.1, 0.15) is 16.8 Å². The SMILES string of the molecule is COC(=O)[C@H](CCSC)NC(=O)c1ccc(OC(F)F)c(OC)c1. The van der Waals surface area contributed by atoms with Gasteiger partial charge in [-0.05, 0) is 36.6 Å². The van der Waals surface area contributed by atoms with Crippen LogP contribution in [0.3, 0.4) is 0 Å². The minimum absolute atomic E-state index is 0.0123. The van der Waals surface area contributed by atoms with E-state index in [0.29, 0.717) is 12.2 Å². The lowest BCUT2D eigenvalue weighted by Gasteiger charge is -2.17. The van der Waals surface area contributed by atoms with E-state index in [1.165, 1.54) is 44.2 Å². The van der Waals surface area contributed by atoms with Crippen molar-refractivity contribution < 1.29 is 32.6 Å². The van der Waals surface area contributed by atoms with Crippen molar-refractivity contribution in [3.8, 4) is 11.5 Å². The summed E-state index contributed by atoms with van der Waals surface area (Å²) in [5.41, 5.74) is 0.145. The summed E-state index contributed by atoms with van der Waals surface area (Å²) in [6.45, 7) is -3.01. The van der Waals surface area contributed by atoms with Gasteiger partial charge in [0.15, 0.2) is 11.5 Å². The average Bonchev–Trinajstić information content (AvgIpc) is 2.57. The number of carbonyl (C=O) groups excluding carboxylic acids is 2. The molecule has 0 aliphatic carbocycles. The molecule has 0 heterocycles. The van der Waals surface area contributed by atoms with Gasteiger partial charge < -0.3 is 19.5 Å². The number of ether oxygens (including phenoxy) is 3. The summed E-state index contributed by atoms with van der Waals surface area (Å²) in [6.07, 6.45) is 2.28. The van der Waals surface area contributed by atoms with Gasteiger partial charge in [0.05, 0.1) is 14.2 Å². The van der Waals surface area contributed by atoms with E-state index in [4.69, 9.17) is 4.74 Å². The predicted octanol–water partition coefficient (Wildman–Crippen LogP) is 2.32. The number of hydrogen-bond donors (Lipinski definition) is 1. The van der Waals surface area contributed by atoms with Gasteiger partial charge in [-0.3, -0.25) is 4.79 Å². The van der Waals surface area contributed by atoms with Crippen LogP contribution in [0.25, 0.3) is 0 Å². The third-order valence-corrected chi connectivity index (χ3v) is 3.69. The smallest absolute Gasteiger partial charge is 0.387 e. The monoisotopic (exact) mass is 363 g/mol. The molecule has 0 aliphatic rings. The predicted molar refractivity (Wildman–Crippen MR) is 85.9 cm³/mol. The Balaban J connectivity index is 2.90. The van der Waals surface area contributed by atoms with Crippen molar-refractivity contribution in [2.24, 2.45) is 0 Å². The quantitative estimate of drug-likeness (QED) is 0.679. The van der Waals surface area contributed by atoms with Crippen molar-refractivity contribution in [2.75, 3.05) is 26.2 Å². The van der Waals surface area contributed by atoms with Gasteiger partial charge in [0.25, 0.3) is 5.91 Å². The van der Waals surface area contributed by atoms with E-state index < -0.39 is 24.5 Å². The molecular formula is C15H19F2NO5S. The number of rotatable bonds is 9. The number of benzene rings is 1. The molecule has 0 bridgehead atoms. The molecule has 0 radical (unpaired) electrons. The number of nitrogens with one attached hydrogen (secondary N) is 1. The van der Waals surface area contributed by atoms with Crippen molar-refractivity contribution in [1.29, 1.82) is 0 Å². The van der Waals surface area contributed by atoms with E-state index in [0.717, 1.165) is 0 Å². The molecule has 0 unspecified atom stereocenters. The first-order valence-electron chi connectivity index (χ1n) is 6.93. The Hall–Kier alpha value is -2.03. The first-order chi connectivity index (χ1) is 11.4. The molecule has 1 N–H and O–H groups in total. The van der Waals surface area contributed by atoms with E-state index in [2.05, 4.69) is 14.8 Å². The van der Waals surface area contributed by atoms with Gasteiger partial charge in [-0.1, -0.05) is 0 Å². The van der Waals surface area contributed by atoms with Gasteiger partial charge in [0.2, 0.25) is 0 Å². The Morgan fingerprint density at radius 3 is 2.50 bits per heavy atom. The molecule has 9 heteroatoms. The molecule has 24 heavy (non-hydrogen) atoms. The summed E-state index contributed by atoms with van der Waals surface area (Å²) in [5, 5.41) is 2.56. The van der Waals surface area contributed by atoms with E-state index in [1.54, 1.807) is 0 Å². The number of hydrogen-bond acceptors (Lipinski definition) is 6. The van der Waals surface area contributed by atoms with Gasteiger partial charge in [0.1, 0.15) is 6.04 Å². The van der Waals surface area contributed by atoms with Crippen LogP contribution in [0.2, 0.25) is 0 Å². The Kier molecular flexibility index (Phi) is 8.31. The maximum absolute atomic E-state index is 12.3. The fourth-order valence-electron chi connectivity index (χ4n) is 1.87. The molecule has 0 aromatic heterocycles. The van der Waals surface area contributed by atoms with Crippen molar-refractivity contribution in [3.63, 3.8) is 0 Å². The van der Waals surface area contributed by atoms with Crippen LogP contribution in [0, 0.1) is 0 Å². The van der Waals surface area contributed by atoms with Crippen LogP contribution in [-0.4, -0.2) is 50.8 Å². The number of amides is 1. The minimum atomic E-state index is -3.01. The molecule has 0 saturated carbocycles. The summed E-state index contributed by atoms with van der Waals surface area (Å²) in [4.78, 5) is 24.0. The highest BCUT2D eigenvalue weighted by molar-refractivity contribution is 7.98. The van der Waals surface area contributed by atoms with E-state index in [9.17, 15) is 18.4 Å². The van der Waals surface area contributed by atoms with Gasteiger partial charge in [0, 0.05) is 5.56 Å². The van der Waals surface area contributed by atoms with Crippen molar-refractivity contribution in [2.45, 2.75) is 19.1 Å². The zero-order chi connectivity index (χ0) is 18.1. The number of carbonyl (C=O) groups is 2. The number of thioether (sulfide) groups is 1. The van der Waals surface area contributed by atoms with Gasteiger partial charge in [-0.15, -0.1) is 0 Å². The summed E-state index contributed by atoms with van der Waals surface area (Å²) < 4.78 is 38.5. The largest absolute Gasteiger partial charge is 0.493 e. The Bertz CT molecular complexity index is 571. The second-order valence-electron chi connectivity index (χ2n) is 4.57. The Morgan fingerprint density at radius 1 is 1.25 bits per heavy atom. The zero-order valence-corrected chi connectivity index (χ0v) is 14.3. The molecule has 1 amide bonds. The highest BCUT2D eigenvalue weighted by Crippen LogP contribution is 2.29. The lowest BCUT2D eigenvalue weighted by atomic mass is 10.1. The fraction of sp³-hybridized carbons (Fsp3) is 0.467. The maximum Gasteiger partial charge on any atom is 0.387 e. The van der Waals surface area contributed by atoms with E-state index in [1.807, 2.05) is 6.26 Å². The third kappa shape index (κ3) is 5.88. The summed E-state index contributed by atoms with van der Waals surface area (Å²) in [6, 6.07) is 2.97. The van der Waals surface area contributed by atoms with Gasteiger partial charge in [-0.25, -0.2) is 4.79 Å². The molecule has 1 rings (SSSR count). The van der Waals surface area contributed by atoms with Crippen LogP contribution in [0.15, 0.2) is 18.2 Å². The normalized spacial score (nSPS) is 11.8. The highest BCUT2D eigenvalue weighted by Gasteiger charge is 2.22. The van der Waals surface area contributed by atoms with E-state index in [-0.39, 0.29) is 17.1 Å². The molecule has 1 aromatic carbocycles. The number of methoxy groups -OCH3 is 2. The lowest BCUT2D eigenvalue weighted by molar-refractivity contribution is -0.142. The molecule has 1 atom stereocenters. The summed E-state index contributed by atoms with van der Waals surface area (Å²) in [5.74, 6) is -0.641. The average molecular weight is 363 g/mol. The van der Waals surface area contributed by atoms with Crippen molar-refractivity contribution in [1.82, 2.24) is 5.32 Å². The highest BCUT2D eigenvalue weighted by atomic mass is 32.2. The first-order valence-corrected chi connectivity index (χ1v) is 8.32. The van der Waals surface area contributed by atoms with Crippen LogP contribution >= 0.6 is 11.8 Å². The van der Waals surface area contributed by atoms with E-state index >= 15 is 0 Å². The molecule has 6 nitrogen and oxygen atoms in total. The minimum Gasteiger partial charge on any atom is -0.493 e. The van der Waals surface area contributed by atoms with Crippen LogP contribution in [-0.2, 0) is 9.53 Å². The van der Waals surface area contributed by atoms with Crippen LogP contribution < -0.4 is 14.8 Å². The third-order valence-electron chi connectivity index (χ3n) is 3.04. The van der Waals surface area contributed by atoms with Crippen molar-refractivity contribution in [3.05, 3.63) is 23.8 Å². The van der Waals surface area contributed by atoms with Gasteiger partial charge in [-0.2, -0.15) is 20.5 Å². The molecule has 0 saturated heterocycles. The second kappa shape index (κ2) is 9.96. The molecule has 0 fully saturated rings.